The number of benzene rings is 8. The molecule has 2 N–H and O–H groups in total. The van der Waals surface area contributed by atoms with Crippen molar-refractivity contribution in [2.75, 3.05) is 0 Å². The smallest absolute Gasteiger partial charge is 0.298 e. The molecule has 0 saturated heterocycles. The minimum Gasteiger partial charge on any atom is -0.457 e. The summed E-state index contributed by atoms with van der Waals surface area (Å²) in [6.45, 7) is 8.01. The highest BCUT2D eigenvalue weighted by Gasteiger charge is 2.25. The standard InChI is InChI=1S/C56H44O12S2/c1-35-8-12-37(13-9-35)53(57)39-6-5-7-40(32-39)54(58)38-14-24-45(25-15-38)64-46-26-18-43(19-27-46)56(3,4)44-20-28-48(29-21-44)65-49-30-16-41(33-51(49)69-68-67-60)55(59)42-17-31-50(52(34-42)70(61,62)63)66-47-22-10-36(2)11-23-47/h5-34,60H,1-4H3,(H,61,62,63). The number of aryl methyl sites for hydroxylation is 2. The molecule has 0 bridgehead atoms. The third kappa shape index (κ3) is 11.4. The normalized spacial score (nSPS) is 11.5. The molecule has 8 rings (SSSR count). The summed E-state index contributed by atoms with van der Waals surface area (Å²) >= 11 is 0.574. The molecule has 0 heterocycles. The molecule has 12 nitrogen and oxygen atoms in total. The van der Waals surface area contributed by atoms with Gasteiger partial charge in [-0.1, -0.05) is 109 Å². The fraction of sp³-hybridized carbons (Fsp3) is 0.0893. The van der Waals surface area contributed by atoms with Crippen molar-refractivity contribution >= 4 is 39.5 Å². The van der Waals surface area contributed by atoms with Crippen molar-refractivity contribution in [2.24, 2.45) is 0 Å². The second kappa shape index (κ2) is 20.9. The van der Waals surface area contributed by atoms with Crippen LogP contribution in [0.15, 0.2) is 192 Å². The van der Waals surface area contributed by atoms with Crippen LogP contribution in [-0.2, 0) is 24.9 Å². The van der Waals surface area contributed by atoms with E-state index in [0.717, 1.165) is 28.3 Å². The second-order valence-corrected chi connectivity index (χ2v) is 18.9. The van der Waals surface area contributed by atoms with Crippen LogP contribution < -0.4 is 14.2 Å². The van der Waals surface area contributed by atoms with Crippen LogP contribution in [0.1, 0.15) is 83.9 Å². The Morgan fingerprint density at radius 3 is 1.37 bits per heavy atom. The molecule has 0 radical (unpaired) electrons. The molecule has 0 saturated carbocycles. The first-order chi connectivity index (χ1) is 33.5. The molecule has 0 unspecified atom stereocenters. The van der Waals surface area contributed by atoms with Crippen LogP contribution in [0.2, 0.25) is 0 Å². The highest BCUT2D eigenvalue weighted by atomic mass is 32.2. The maximum atomic E-state index is 13.7. The predicted octanol–water partition coefficient (Wildman–Crippen LogP) is 13.4. The lowest BCUT2D eigenvalue weighted by Crippen LogP contribution is -2.18. The first kappa shape index (κ1) is 48.8. The Labute approximate surface area is 408 Å². The van der Waals surface area contributed by atoms with E-state index in [1.54, 1.807) is 97.1 Å². The molecule has 14 heteroatoms. The van der Waals surface area contributed by atoms with Crippen molar-refractivity contribution in [1.82, 2.24) is 0 Å². The molecule has 0 aliphatic heterocycles. The highest BCUT2D eigenvalue weighted by molar-refractivity contribution is 7.94. The fourth-order valence-electron chi connectivity index (χ4n) is 7.51. The van der Waals surface area contributed by atoms with Crippen LogP contribution in [0.25, 0.3) is 0 Å². The summed E-state index contributed by atoms with van der Waals surface area (Å²) in [5.74, 6) is 1.06. The average molecular weight is 973 g/mol. The Balaban J connectivity index is 0.912. The van der Waals surface area contributed by atoms with E-state index in [9.17, 15) is 27.4 Å². The van der Waals surface area contributed by atoms with Gasteiger partial charge in [-0.05, 0) is 128 Å². The zero-order chi connectivity index (χ0) is 49.6. The lowest BCUT2D eigenvalue weighted by atomic mass is 9.78. The van der Waals surface area contributed by atoms with Gasteiger partial charge in [0.25, 0.3) is 10.1 Å². The molecule has 8 aromatic carbocycles. The molecule has 70 heavy (non-hydrogen) atoms. The van der Waals surface area contributed by atoms with Gasteiger partial charge in [-0.15, -0.1) is 4.33 Å². The van der Waals surface area contributed by atoms with E-state index in [-0.39, 0.29) is 39.1 Å². The lowest BCUT2D eigenvalue weighted by Gasteiger charge is -2.26. The number of carbonyl (C=O) groups is 3. The van der Waals surface area contributed by atoms with Gasteiger partial charge >= 0.3 is 0 Å². The summed E-state index contributed by atoms with van der Waals surface area (Å²) in [6, 6.07) is 51.0. The van der Waals surface area contributed by atoms with Crippen LogP contribution in [0.5, 0.6) is 34.5 Å². The monoisotopic (exact) mass is 972 g/mol. The number of ether oxygens (including phenoxy) is 3. The van der Waals surface area contributed by atoms with Crippen molar-refractivity contribution < 1.29 is 56.2 Å². The Morgan fingerprint density at radius 2 is 0.857 bits per heavy atom. The molecule has 0 aliphatic rings. The summed E-state index contributed by atoms with van der Waals surface area (Å²) < 4.78 is 57.6. The van der Waals surface area contributed by atoms with Crippen LogP contribution in [0, 0.1) is 13.8 Å². The Kier molecular flexibility index (Phi) is 14.6. The minimum absolute atomic E-state index is 0.0538. The quantitative estimate of drug-likeness (QED) is 0.0274. The fourth-order valence-corrected chi connectivity index (χ4v) is 8.62. The summed E-state index contributed by atoms with van der Waals surface area (Å²) in [6.07, 6.45) is 0. The van der Waals surface area contributed by atoms with Crippen molar-refractivity contribution in [3.05, 3.63) is 238 Å². The zero-order valence-electron chi connectivity index (χ0n) is 38.1. The SMILES string of the molecule is Cc1ccc(Oc2ccc(C(=O)c3ccc(Oc4ccc(C(C)(C)c5ccc(Oc6ccc(C(=O)c7cccc(C(=O)c8ccc(C)cc8)c7)cc6)cc5)cc4)c(SOOO)c3)cc2S(=O)(=O)O)cc1. The molecule has 0 aromatic heterocycles. The number of hydrogen-bond acceptors (Lipinski definition) is 12. The molecule has 0 spiro atoms. The first-order valence-electron chi connectivity index (χ1n) is 21.7. The predicted molar refractivity (Wildman–Crippen MR) is 264 cm³/mol. The van der Waals surface area contributed by atoms with Crippen LogP contribution in [0.3, 0.4) is 0 Å². The number of carbonyl (C=O) groups excluding carboxylic acids is 3. The Hall–Kier alpha value is -7.69. The maximum absolute atomic E-state index is 13.7. The largest absolute Gasteiger partial charge is 0.457 e. The van der Waals surface area contributed by atoms with Crippen LogP contribution in [0.4, 0.5) is 0 Å². The maximum Gasteiger partial charge on any atom is 0.298 e. The minimum atomic E-state index is -4.80. The van der Waals surface area contributed by atoms with E-state index in [1.807, 2.05) is 62.4 Å². The van der Waals surface area contributed by atoms with E-state index >= 15 is 0 Å². The van der Waals surface area contributed by atoms with E-state index in [4.69, 9.17) is 23.8 Å². The van der Waals surface area contributed by atoms with Crippen molar-refractivity contribution in [3.63, 3.8) is 0 Å². The Bertz CT molecular complexity index is 3310. The molecule has 0 fully saturated rings. The average Bonchev–Trinajstić information content (AvgIpc) is 3.36. The molecule has 8 aromatic rings. The third-order valence-corrected chi connectivity index (χ3v) is 13.0. The number of ketones is 3. The summed E-state index contributed by atoms with van der Waals surface area (Å²) in [5.41, 5.74) is 5.47. The molecule has 352 valence electrons. The number of rotatable bonds is 18. The van der Waals surface area contributed by atoms with Gasteiger partial charge in [-0.25, -0.2) is 5.26 Å². The topological polar surface area (TPSA) is 172 Å². The summed E-state index contributed by atoms with van der Waals surface area (Å²) in [4.78, 5) is 39.8. The van der Waals surface area contributed by atoms with E-state index in [2.05, 4.69) is 18.9 Å². The van der Waals surface area contributed by atoms with Crippen LogP contribution >= 0.6 is 12.0 Å². The van der Waals surface area contributed by atoms with Crippen LogP contribution in [-0.4, -0.2) is 35.6 Å². The molecular weight excluding hydrogens is 929 g/mol. The third-order valence-electron chi connectivity index (χ3n) is 11.5. The van der Waals surface area contributed by atoms with Gasteiger partial charge < -0.3 is 14.2 Å². The molecule has 0 aliphatic carbocycles. The van der Waals surface area contributed by atoms with Crippen molar-refractivity contribution in [2.45, 2.75) is 42.9 Å². The van der Waals surface area contributed by atoms with Gasteiger partial charge in [0.15, 0.2) is 17.3 Å². The second-order valence-electron chi connectivity index (χ2n) is 16.8. The molecular formula is C56H44O12S2. The van der Waals surface area contributed by atoms with Crippen molar-refractivity contribution in [3.8, 4) is 34.5 Å². The van der Waals surface area contributed by atoms with E-state index < -0.39 is 26.2 Å². The van der Waals surface area contributed by atoms with Gasteiger partial charge in [0.05, 0.1) is 16.9 Å². The first-order valence-corrected chi connectivity index (χ1v) is 23.9. The lowest BCUT2D eigenvalue weighted by molar-refractivity contribution is -0.432. The van der Waals surface area contributed by atoms with E-state index in [1.165, 1.54) is 30.3 Å². The van der Waals surface area contributed by atoms with Gasteiger partial charge in [0.2, 0.25) is 0 Å². The summed E-state index contributed by atoms with van der Waals surface area (Å²) in [5, 5.41) is 12.8. The summed E-state index contributed by atoms with van der Waals surface area (Å²) in [7, 11) is -4.80. The van der Waals surface area contributed by atoms with E-state index in [0.29, 0.717) is 57.3 Å². The van der Waals surface area contributed by atoms with Gasteiger partial charge in [0.1, 0.15) is 39.4 Å². The number of hydrogen-bond donors (Lipinski definition) is 2. The van der Waals surface area contributed by atoms with Gasteiger partial charge in [-0.2, -0.15) is 8.42 Å². The van der Waals surface area contributed by atoms with Crippen molar-refractivity contribution in [1.29, 1.82) is 0 Å². The van der Waals surface area contributed by atoms with Gasteiger partial charge in [-0.3, -0.25) is 18.9 Å². The van der Waals surface area contributed by atoms with Gasteiger partial charge in [0, 0.05) is 38.8 Å². The molecule has 0 amide bonds. The zero-order valence-corrected chi connectivity index (χ0v) is 39.7. The molecule has 0 atom stereocenters. The highest BCUT2D eigenvalue weighted by Crippen LogP contribution is 2.38. The Morgan fingerprint density at radius 1 is 0.471 bits per heavy atom.